The summed E-state index contributed by atoms with van der Waals surface area (Å²) in [4.78, 5) is 11.9. The summed E-state index contributed by atoms with van der Waals surface area (Å²) in [6.45, 7) is 2.79. The number of amidine groups is 1. The first-order valence-corrected chi connectivity index (χ1v) is 13.3. The maximum absolute atomic E-state index is 13.3. The van der Waals surface area contributed by atoms with Crippen molar-refractivity contribution in [1.82, 2.24) is 14.5 Å². The number of methoxy groups -OCH3 is 1. The van der Waals surface area contributed by atoms with E-state index in [9.17, 15) is 12.8 Å². The van der Waals surface area contributed by atoms with Crippen molar-refractivity contribution in [3.05, 3.63) is 77.6 Å². The molecule has 2 aliphatic rings. The topological polar surface area (TPSA) is 86.0 Å². The van der Waals surface area contributed by atoms with Crippen LogP contribution in [0.5, 0.6) is 5.75 Å². The molecule has 0 spiro atoms. The third-order valence-electron chi connectivity index (χ3n) is 6.38. The maximum Gasteiger partial charge on any atom is 0.180 e. The predicted molar refractivity (Wildman–Crippen MR) is 134 cm³/mol. The Morgan fingerprint density at radius 2 is 2.03 bits per heavy atom. The highest BCUT2D eigenvalue weighted by Crippen LogP contribution is 2.30. The molecule has 10 heteroatoms. The average Bonchev–Trinajstić information content (AvgIpc) is 3.30. The minimum absolute atomic E-state index is 0.0982. The molecule has 5 rings (SSSR count). The van der Waals surface area contributed by atoms with E-state index in [1.54, 1.807) is 13.4 Å². The van der Waals surface area contributed by atoms with E-state index in [4.69, 9.17) is 9.57 Å². The van der Waals surface area contributed by atoms with Gasteiger partial charge in [-0.25, -0.2) is 17.8 Å². The number of hydrogen-bond acceptors (Lipinski definition) is 7. The fourth-order valence-electron chi connectivity index (χ4n) is 4.60. The van der Waals surface area contributed by atoms with E-state index in [-0.39, 0.29) is 17.3 Å². The summed E-state index contributed by atoms with van der Waals surface area (Å²) in [5.74, 6) is 0.747. The first-order valence-electron chi connectivity index (χ1n) is 11.7. The molecule has 8 nitrogen and oxygen atoms in total. The highest BCUT2D eigenvalue weighted by atomic mass is 32.2. The van der Waals surface area contributed by atoms with Gasteiger partial charge in [0.05, 0.1) is 41.5 Å². The summed E-state index contributed by atoms with van der Waals surface area (Å²) >= 11 is 0. The Morgan fingerprint density at radius 1 is 1.22 bits per heavy atom. The number of nitrogens with zero attached hydrogens (tertiary/aromatic N) is 4. The molecule has 0 saturated carbocycles. The lowest BCUT2D eigenvalue weighted by molar-refractivity contribution is 0.0659. The van der Waals surface area contributed by atoms with E-state index in [2.05, 4.69) is 10.1 Å². The fraction of sp³-hybridized carbons (Fsp3) is 0.308. The van der Waals surface area contributed by atoms with Gasteiger partial charge in [0.15, 0.2) is 15.7 Å². The Kier molecular flexibility index (Phi) is 6.53. The molecule has 1 fully saturated rings. The van der Waals surface area contributed by atoms with E-state index in [0.717, 1.165) is 47.5 Å². The van der Waals surface area contributed by atoms with Gasteiger partial charge in [0.2, 0.25) is 0 Å². The van der Waals surface area contributed by atoms with Crippen LogP contribution in [-0.2, 0) is 14.7 Å². The van der Waals surface area contributed by atoms with Gasteiger partial charge in [-0.2, -0.15) is 0 Å². The molecule has 0 amide bonds. The van der Waals surface area contributed by atoms with Crippen LogP contribution in [0.2, 0.25) is 0 Å². The van der Waals surface area contributed by atoms with Crippen LogP contribution in [0.25, 0.3) is 11.8 Å². The summed E-state index contributed by atoms with van der Waals surface area (Å²) < 4.78 is 46.8. The molecule has 0 radical (unpaired) electrons. The standard InChI is InChI=1S/C26H27FN4O4S/c1-18-14-30(17-28-18)24-10-5-19(13-25(24)34-2)12-20-4-3-11-31-22(15-35-29-26(20)31)16-36(32,33)23-8-6-21(27)7-9-23/h5-10,12-14,17,22H,3-4,11,15-16H2,1-2H3/b20-12+. The van der Waals surface area contributed by atoms with Crippen LogP contribution < -0.4 is 4.74 Å². The molecule has 1 saturated heterocycles. The molecule has 36 heavy (non-hydrogen) atoms. The Morgan fingerprint density at radius 3 is 2.75 bits per heavy atom. The number of rotatable bonds is 6. The number of sulfone groups is 1. The van der Waals surface area contributed by atoms with Gasteiger partial charge >= 0.3 is 0 Å². The fourth-order valence-corrected chi connectivity index (χ4v) is 6.13. The summed E-state index contributed by atoms with van der Waals surface area (Å²) in [6, 6.07) is 10.5. The van der Waals surface area contributed by atoms with Crippen LogP contribution in [-0.4, -0.2) is 60.8 Å². The molecular weight excluding hydrogens is 483 g/mol. The Hall–Kier alpha value is -3.66. The number of oxime groups is 1. The molecule has 2 aliphatic heterocycles. The van der Waals surface area contributed by atoms with Crippen LogP contribution in [0.4, 0.5) is 4.39 Å². The molecule has 3 aromatic rings. The zero-order chi connectivity index (χ0) is 25.3. The van der Waals surface area contributed by atoms with Gasteiger partial charge in [0.25, 0.3) is 0 Å². The number of fused-ring (bicyclic) bond motifs is 1. The van der Waals surface area contributed by atoms with Gasteiger partial charge in [0, 0.05) is 12.7 Å². The van der Waals surface area contributed by atoms with Crippen molar-refractivity contribution in [1.29, 1.82) is 0 Å². The van der Waals surface area contributed by atoms with E-state index in [0.29, 0.717) is 18.1 Å². The third-order valence-corrected chi connectivity index (χ3v) is 8.20. The van der Waals surface area contributed by atoms with Crippen molar-refractivity contribution in [2.75, 3.05) is 26.0 Å². The van der Waals surface area contributed by atoms with Crippen molar-refractivity contribution in [3.63, 3.8) is 0 Å². The van der Waals surface area contributed by atoms with Crippen molar-refractivity contribution < 1.29 is 22.4 Å². The number of aryl methyl sites for hydroxylation is 1. The Bertz CT molecular complexity index is 1430. The largest absolute Gasteiger partial charge is 0.495 e. The van der Waals surface area contributed by atoms with Crippen LogP contribution in [0, 0.1) is 12.7 Å². The predicted octanol–water partition coefficient (Wildman–Crippen LogP) is 3.99. The van der Waals surface area contributed by atoms with Crippen LogP contribution >= 0.6 is 0 Å². The second kappa shape index (κ2) is 9.77. The molecule has 2 aromatic carbocycles. The molecule has 0 N–H and O–H groups in total. The van der Waals surface area contributed by atoms with Crippen molar-refractivity contribution >= 4 is 21.7 Å². The van der Waals surface area contributed by atoms with Crippen LogP contribution in [0.3, 0.4) is 0 Å². The molecule has 1 unspecified atom stereocenters. The first-order chi connectivity index (χ1) is 17.3. The lowest BCUT2D eigenvalue weighted by Crippen LogP contribution is -2.51. The Balaban J connectivity index is 1.39. The lowest BCUT2D eigenvalue weighted by Gasteiger charge is -2.39. The second-order valence-electron chi connectivity index (χ2n) is 8.92. The van der Waals surface area contributed by atoms with Gasteiger partial charge < -0.3 is 19.0 Å². The van der Waals surface area contributed by atoms with E-state index in [1.807, 2.05) is 46.9 Å². The summed E-state index contributed by atoms with van der Waals surface area (Å²) in [7, 11) is -2.00. The molecule has 3 heterocycles. The van der Waals surface area contributed by atoms with Gasteiger partial charge in [-0.1, -0.05) is 11.2 Å². The lowest BCUT2D eigenvalue weighted by atomic mass is 9.98. The summed E-state index contributed by atoms with van der Waals surface area (Å²) in [5, 5.41) is 4.29. The maximum atomic E-state index is 13.3. The van der Waals surface area contributed by atoms with Gasteiger partial charge in [-0.3, -0.25) is 0 Å². The zero-order valence-electron chi connectivity index (χ0n) is 20.1. The van der Waals surface area contributed by atoms with Crippen molar-refractivity contribution in [3.8, 4) is 11.4 Å². The molecule has 188 valence electrons. The molecule has 1 aromatic heterocycles. The van der Waals surface area contributed by atoms with E-state index >= 15 is 0 Å². The number of hydrogen-bond donors (Lipinski definition) is 0. The Labute approximate surface area is 209 Å². The first kappa shape index (κ1) is 24.1. The number of halogens is 1. The smallest absolute Gasteiger partial charge is 0.180 e. The SMILES string of the molecule is COc1cc(/C=C2\CCCN3C2=NOCC3CS(=O)(=O)c2ccc(F)cc2)ccc1-n1cnc(C)c1. The number of imidazole rings is 1. The average molecular weight is 511 g/mol. The molecule has 0 bridgehead atoms. The normalized spacial score (nSPS) is 19.0. The number of ether oxygens (including phenoxy) is 1. The van der Waals surface area contributed by atoms with Gasteiger partial charge in [-0.15, -0.1) is 0 Å². The summed E-state index contributed by atoms with van der Waals surface area (Å²) in [6.07, 6.45) is 7.38. The number of benzene rings is 2. The van der Waals surface area contributed by atoms with Crippen LogP contribution in [0.1, 0.15) is 24.1 Å². The third kappa shape index (κ3) is 4.86. The monoisotopic (exact) mass is 510 g/mol. The number of aromatic nitrogens is 2. The van der Waals surface area contributed by atoms with E-state index < -0.39 is 21.7 Å². The van der Waals surface area contributed by atoms with E-state index in [1.165, 1.54) is 12.1 Å². The zero-order valence-corrected chi connectivity index (χ0v) is 20.9. The number of piperidine rings is 1. The van der Waals surface area contributed by atoms with Crippen molar-refractivity contribution in [2.45, 2.75) is 30.7 Å². The van der Waals surface area contributed by atoms with Gasteiger partial charge in [-0.05, 0) is 73.4 Å². The highest BCUT2D eigenvalue weighted by molar-refractivity contribution is 7.91. The van der Waals surface area contributed by atoms with Crippen molar-refractivity contribution in [2.24, 2.45) is 5.16 Å². The second-order valence-corrected chi connectivity index (χ2v) is 11.0. The minimum Gasteiger partial charge on any atom is -0.495 e. The highest BCUT2D eigenvalue weighted by Gasteiger charge is 2.35. The molecule has 1 atom stereocenters. The van der Waals surface area contributed by atoms with Gasteiger partial charge in [0.1, 0.15) is 18.2 Å². The quantitative estimate of drug-likeness (QED) is 0.466. The summed E-state index contributed by atoms with van der Waals surface area (Å²) in [5.41, 5.74) is 3.71. The van der Waals surface area contributed by atoms with Crippen LogP contribution in [0.15, 0.2) is 70.6 Å². The molecular formula is C26H27FN4O4S. The molecule has 0 aliphatic carbocycles. The minimum atomic E-state index is -3.63.